The fourth-order valence-corrected chi connectivity index (χ4v) is 7.96. The molecule has 0 saturated carbocycles. The molecule has 8 nitrogen and oxygen atoms in total. The van der Waals surface area contributed by atoms with Crippen LogP contribution in [0.3, 0.4) is 0 Å². The molecular formula is C36H34ClN3O5. The number of hydrogen-bond acceptors (Lipinski definition) is 5. The third-order valence-corrected chi connectivity index (χ3v) is 9.94. The molecular weight excluding hydrogens is 590 g/mol. The summed E-state index contributed by atoms with van der Waals surface area (Å²) in [6.45, 7) is 1.96. The molecule has 3 amide bonds. The van der Waals surface area contributed by atoms with Crippen molar-refractivity contribution < 1.29 is 24.2 Å². The Morgan fingerprint density at radius 2 is 1.47 bits per heavy atom. The molecule has 4 heterocycles. The highest BCUT2D eigenvalue weighted by molar-refractivity contribution is 6.34. The first-order valence-electron chi connectivity index (χ1n) is 15.2. The van der Waals surface area contributed by atoms with Crippen molar-refractivity contribution in [3.8, 4) is 0 Å². The van der Waals surface area contributed by atoms with Gasteiger partial charge in [0.15, 0.2) is 0 Å². The third-order valence-electron chi connectivity index (χ3n) is 9.62. The number of anilines is 2. The number of para-hydroxylation sites is 2. The summed E-state index contributed by atoms with van der Waals surface area (Å²) in [4.78, 5) is 49.1. The van der Waals surface area contributed by atoms with Crippen LogP contribution in [0.2, 0.25) is 5.02 Å². The van der Waals surface area contributed by atoms with Crippen molar-refractivity contribution in [3.63, 3.8) is 0 Å². The Balaban J connectivity index is 1.38. The maximum absolute atomic E-state index is 14.9. The molecule has 6 atom stereocenters. The van der Waals surface area contributed by atoms with Crippen molar-refractivity contribution in [2.75, 3.05) is 29.5 Å². The summed E-state index contributed by atoms with van der Waals surface area (Å²) in [5.41, 5.74) is -0.498. The zero-order valence-electron chi connectivity index (χ0n) is 24.8. The van der Waals surface area contributed by atoms with Crippen LogP contribution in [-0.2, 0) is 25.5 Å². The van der Waals surface area contributed by atoms with Crippen molar-refractivity contribution in [3.05, 3.63) is 120 Å². The Labute approximate surface area is 267 Å². The Morgan fingerprint density at radius 3 is 2.18 bits per heavy atom. The molecule has 9 heteroatoms. The van der Waals surface area contributed by atoms with E-state index in [1.165, 1.54) is 4.90 Å². The number of aliphatic hydroxyl groups excluding tert-OH is 1. The Morgan fingerprint density at radius 1 is 0.822 bits per heavy atom. The first kappa shape index (κ1) is 29.5. The summed E-state index contributed by atoms with van der Waals surface area (Å²) in [7, 11) is 0. The number of nitrogens with zero attached hydrogens (tertiary/aromatic N) is 3. The van der Waals surface area contributed by atoms with Gasteiger partial charge in [0.2, 0.25) is 11.8 Å². The topological polar surface area (TPSA) is 90.4 Å². The number of benzene rings is 3. The normalized spacial score (nSPS) is 29.7. The smallest absolute Gasteiger partial charge is 0.253 e. The van der Waals surface area contributed by atoms with Crippen LogP contribution in [0.5, 0.6) is 0 Å². The first-order valence-corrected chi connectivity index (χ1v) is 15.6. The summed E-state index contributed by atoms with van der Waals surface area (Å²) in [5, 5.41) is 11.2. The van der Waals surface area contributed by atoms with Gasteiger partial charge in [0, 0.05) is 18.8 Å². The second kappa shape index (κ2) is 11.3. The number of carbonyl (C=O) groups is 3. The molecule has 4 aliphatic heterocycles. The summed E-state index contributed by atoms with van der Waals surface area (Å²) in [6.07, 6.45) is 7.71. The van der Waals surface area contributed by atoms with E-state index in [2.05, 4.69) is 0 Å². The van der Waals surface area contributed by atoms with Crippen LogP contribution >= 0.6 is 11.6 Å². The fraction of sp³-hybridized carbons (Fsp3) is 0.306. The molecule has 2 saturated heterocycles. The van der Waals surface area contributed by atoms with Gasteiger partial charge in [-0.2, -0.15) is 0 Å². The van der Waals surface area contributed by atoms with Crippen molar-refractivity contribution in [1.82, 2.24) is 4.90 Å². The molecule has 0 radical (unpaired) electrons. The zero-order valence-corrected chi connectivity index (χ0v) is 25.6. The third kappa shape index (κ3) is 4.62. The fourth-order valence-electron chi connectivity index (χ4n) is 7.72. The number of halogens is 1. The van der Waals surface area contributed by atoms with Gasteiger partial charge in [0.05, 0.1) is 40.8 Å². The molecule has 1 N–H and O–H groups in total. The predicted octanol–water partition coefficient (Wildman–Crippen LogP) is 4.42. The largest absolute Gasteiger partial charge is 0.394 e. The molecule has 0 bridgehead atoms. The lowest BCUT2D eigenvalue weighted by Crippen LogP contribution is -2.59. The molecule has 3 aromatic rings. The molecule has 4 aliphatic rings. The van der Waals surface area contributed by atoms with Crippen LogP contribution < -0.4 is 9.80 Å². The molecule has 0 aliphatic carbocycles. The van der Waals surface area contributed by atoms with Crippen molar-refractivity contribution in [1.29, 1.82) is 0 Å². The number of ether oxygens (including phenoxy) is 1. The van der Waals surface area contributed by atoms with E-state index >= 15 is 0 Å². The number of amides is 3. The zero-order chi connectivity index (χ0) is 31.3. The van der Waals surface area contributed by atoms with Gasteiger partial charge >= 0.3 is 0 Å². The number of fused-ring (bicyclic) bond motifs is 2. The molecule has 45 heavy (non-hydrogen) atoms. The summed E-state index contributed by atoms with van der Waals surface area (Å²) < 4.78 is 6.97. The van der Waals surface area contributed by atoms with Gasteiger partial charge in [-0.15, -0.1) is 0 Å². The first-order chi connectivity index (χ1) is 21.8. The van der Waals surface area contributed by atoms with Crippen molar-refractivity contribution in [2.24, 2.45) is 11.8 Å². The van der Waals surface area contributed by atoms with Crippen LogP contribution in [-0.4, -0.2) is 70.7 Å². The predicted molar refractivity (Wildman–Crippen MR) is 172 cm³/mol. The molecule has 1 unspecified atom stereocenters. The van der Waals surface area contributed by atoms with Crippen LogP contribution in [0.4, 0.5) is 11.4 Å². The average molecular weight is 624 g/mol. The minimum atomic E-state index is -1.46. The van der Waals surface area contributed by atoms with E-state index in [4.69, 9.17) is 16.3 Å². The monoisotopic (exact) mass is 623 g/mol. The maximum atomic E-state index is 14.9. The molecule has 0 aromatic heterocycles. The van der Waals surface area contributed by atoms with Gasteiger partial charge in [0.1, 0.15) is 11.6 Å². The van der Waals surface area contributed by atoms with Crippen molar-refractivity contribution in [2.45, 2.75) is 36.6 Å². The minimum Gasteiger partial charge on any atom is -0.394 e. The Kier molecular flexibility index (Phi) is 7.39. The highest BCUT2D eigenvalue weighted by Crippen LogP contribution is 2.58. The van der Waals surface area contributed by atoms with E-state index in [-0.39, 0.29) is 30.9 Å². The molecule has 1 spiro atoms. The van der Waals surface area contributed by atoms with E-state index in [9.17, 15) is 19.5 Å². The van der Waals surface area contributed by atoms with E-state index in [0.29, 0.717) is 29.4 Å². The quantitative estimate of drug-likeness (QED) is 0.411. The molecule has 2 fully saturated rings. The van der Waals surface area contributed by atoms with E-state index < -0.39 is 35.1 Å². The number of carbonyl (C=O) groups excluding carboxylic acids is 3. The van der Waals surface area contributed by atoms with E-state index in [1.807, 2.05) is 85.8 Å². The number of hydrogen-bond donors (Lipinski definition) is 1. The molecule has 7 rings (SSSR count). The Bertz CT molecular complexity index is 1700. The summed E-state index contributed by atoms with van der Waals surface area (Å²) >= 11 is 6.59. The van der Waals surface area contributed by atoms with Gasteiger partial charge in [-0.05, 0) is 43.2 Å². The summed E-state index contributed by atoms with van der Waals surface area (Å²) in [5.74, 6) is -2.95. The van der Waals surface area contributed by atoms with Crippen LogP contribution in [0.15, 0.2) is 109 Å². The highest BCUT2D eigenvalue weighted by atomic mass is 35.5. The van der Waals surface area contributed by atoms with Gasteiger partial charge in [-0.25, -0.2) is 0 Å². The Hall–Kier alpha value is -4.24. The van der Waals surface area contributed by atoms with Crippen LogP contribution in [0.1, 0.15) is 12.5 Å². The number of rotatable bonds is 6. The molecule has 3 aromatic carbocycles. The van der Waals surface area contributed by atoms with Gasteiger partial charge in [-0.3, -0.25) is 14.4 Å². The lowest BCUT2D eigenvalue weighted by Gasteiger charge is -2.40. The lowest BCUT2D eigenvalue weighted by molar-refractivity contribution is -0.147. The second-order valence-electron chi connectivity index (χ2n) is 12.3. The average Bonchev–Trinajstić information content (AvgIpc) is 3.32. The van der Waals surface area contributed by atoms with Crippen molar-refractivity contribution >= 4 is 40.7 Å². The SMILES string of the molecule is C[C@]12C=CCN(c3ccccc3)C(=O)[C@H]1[C@H]1C(=O)N([C@@H](CO)Cc3ccccc3)C3C(=O)N(c4ccccc4Cl)CC=C[C@@]31O2. The minimum absolute atomic E-state index is 0.197. The van der Waals surface area contributed by atoms with Gasteiger partial charge < -0.3 is 24.5 Å². The lowest BCUT2D eigenvalue weighted by atomic mass is 9.74. The standard InChI is InChI=1S/C36H34ClN3O5/c1-35-18-10-20-38(25-14-6-3-7-15-25)32(42)29(35)30-33(43)40(26(23-41)22-24-12-4-2-5-13-24)31-34(44)39(21-11-19-36(30,31)45-35)28-17-9-8-16-27(28)37/h2-19,26,29-31,41H,20-23H2,1H3/t26-,29-,30+,31?,35+,36+/m1/s1. The van der Waals surface area contributed by atoms with Crippen LogP contribution in [0.25, 0.3) is 0 Å². The molecule has 230 valence electrons. The van der Waals surface area contributed by atoms with E-state index in [0.717, 1.165) is 5.56 Å². The maximum Gasteiger partial charge on any atom is 0.253 e. The van der Waals surface area contributed by atoms with E-state index in [1.54, 1.807) is 40.1 Å². The highest BCUT2D eigenvalue weighted by Gasteiger charge is 2.75. The second-order valence-corrected chi connectivity index (χ2v) is 12.7. The number of likely N-dealkylation sites (tertiary alicyclic amines) is 1. The number of aliphatic hydroxyl groups is 1. The van der Waals surface area contributed by atoms with Crippen LogP contribution in [0, 0.1) is 11.8 Å². The van der Waals surface area contributed by atoms with Gasteiger partial charge in [-0.1, -0.05) is 96.6 Å². The summed E-state index contributed by atoms with van der Waals surface area (Å²) in [6, 6.07) is 24.1. The van der Waals surface area contributed by atoms with Gasteiger partial charge in [0.25, 0.3) is 5.91 Å².